The molecule has 3 rings (SSSR count). The molecule has 1 aliphatic heterocycles. The molecule has 1 saturated heterocycles. The zero-order chi connectivity index (χ0) is 17.1. The number of carbonyl (C=O) groups is 3. The van der Waals surface area contributed by atoms with Crippen LogP contribution in [0, 0.1) is 5.92 Å². The van der Waals surface area contributed by atoms with E-state index in [-0.39, 0.29) is 36.7 Å². The maximum atomic E-state index is 12.2. The molecule has 1 aliphatic carbocycles. The molecule has 7 nitrogen and oxygen atoms in total. The molecule has 24 heavy (non-hydrogen) atoms. The van der Waals surface area contributed by atoms with Crippen LogP contribution >= 0.6 is 0 Å². The van der Waals surface area contributed by atoms with E-state index in [4.69, 9.17) is 4.74 Å². The number of hydrogen-bond donors (Lipinski definition) is 2. The van der Waals surface area contributed by atoms with Gasteiger partial charge in [0.15, 0.2) is 0 Å². The highest BCUT2D eigenvalue weighted by molar-refractivity contribution is 6.00. The third-order valence-electron chi connectivity index (χ3n) is 4.25. The zero-order valence-electron chi connectivity index (χ0n) is 13.6. The number of methoxy groups -OCH3 is 1. The molecule has 1 aromatic carbocycles. The summed E-state index contributed by atoms with van der Waals surface area (Å²) in [6.07, 6.45) is 2.17. The lowest BCUT2D eigenvalue weighted by molar-refractivity contribution is -0.129. The van der Waals surface area contributed by atoms with Gasteiger partial charge in [-0.25, -0.2) is 0 Å². The summed E-state index contributed by atoms with van der Waals surface area (Å²) in [5, 5.41) is 5.43. The molecule has 7 heteroatoms. The Balaban J connectivity index is 1.52. The monoisotopic (exact) mass is 331 g/mol. The van der Waals surface area contributed by atoms with Crippen molar-refractivity contribution in [2.24, 2.45) is 5.92 Å². The van der Waals surface area contributed by atoms with Crippen LogP contribution in [-0.4, -0.2) is 44.0 Å². The zero-order valence-corrected chi connectivity index (χ0v) is 13.6. The fraction of sp³-hybridized carbons (Fsp3) is 0.471. The number of ether oxygens (including phenoxy) is 1. The van der Waals surface area contributed by atoms with Gasteiger partial charge in [0.1, 0.15) is 5.75 Å². The minimum atomic E-state index is -0.437. The van der Waals surface area contributed by atoms with Crippen LogP contribution in [0.3, 0.4) is 0 Å². The maximum absolute atomic E-state index is 12.2. The molecular weight excluding hydrogens is 310 g/mol. The van der Waals surface area contributed by atoms with Gasteiger partial charge < -0.3 is 20.3 Å². The molecule has 0 spiro atoms. The molecule has 2 aliphatic rings. The van der Waals surface area contributed by atoms with Crippen molar-refractivity contribution in [1.29, 1.82) is 0 Å². The van der Waals surface area contributed by atoms with Gasteiger partial charge in [0.2, 0.25) is 17.7 Å². The Morgan fingerprint density at radius 2 is 1.96 bits per heavy atom. The maximum Gasteiger partial charge on any atom is 0.239 e. The Labute approximate surface area is 140 Å². The van der Waals surface area contributed by atoms with E-state index in [0.717, 1.165) is 18.5 Å². The number of nitrogens with zero attached hydrogens (tertiary/aromatic N) is 1. The van der Waals surface area contributed by atoms with E-state index in [1.165, 1.54) is 0 Å². The van der Waals surface area contributed by atoms with Gasteiger partial charge in [0.05, 0.1) is 19.6 Å². The van der Waals surface area contributed by atoms with Crippen molar-refractivity contribution in [2.45, 2.75) is 25.3 Å². The van der Waals surface area contributed by atoms with Crippen molar-refractivity contribution in [3.63, 3.8) is 0 Å². The van der Waals surface area contributed by atoms with Gasteiger partial charge in [-0.3, -0.25) is 14.4 Å². The van der Waals surface area contributed by atoms with Crippen LogP contribution in [0.4, 0.5) is 5.69 Å². The van der Waals surface area contributed by atoms with E-state index >= 15 is 0 Å². The highest BCUT2D eigenvalue weighted by atomic mass is 16.5. The molecule has 1 aromatic rings. The SMILES string of the molecule is COc1ccc(N2CC(C(=O)NCC(=O)NC3CC3)CC2=O)cc1. The van der Waals surface area contributed by atoms with E-state index < -0.39 is 5.92 Å². The first-order valence-corrected chi connectivity index (χ1v) is 8.08. The van der Waals surface area contributed by atoms with E-state index in [9.17, 15) is 14.4 Å². The topological polar surface area (TPSA) is 87.7 Å². The first-order chi connectivity index (χ1) is 11.6. The Morgan fingerprint density at radius 1 is 1.25 bits per heavy atom. The number of hydrogen-bond acceptors (Lipinski definition) is 4. The van der Waals surface area contributed by atoms with E-state index in [0.29, 0.717) is 12.3 Å². The normalized spacial score (nSPS) is 20.0. The number of rotatable bonds is 6. The average Bonchev–Trinajstić information content (AvgIpc) is 3.31. The van der Waals surface area contributed by atoms with Crippen LogP contribution in [0.2, 0.25) is 0 Å². The van der Waals surface area contributed by atoms with Gasteiger partial charge >= 0.3 is 0 Å². The molecule has 0 radical (unpaired) electrons. The van der Waals surface area contributed by atoms with Crippen molar-refractivity contribution in [3.8, 4) is 5.75 Å². The fourth-order valence-corrected chi connectivity index (χ4v) is 2.71. The highest BCUT2D eigenvalue weighted by Crippen LogP contribution is 2.26. The molecule has 2 fully saturated rings. The van der Waals surface area contributed by atoms with Crippen LogP contribution in [0.5, 0.6) is 5.75 Å². The second-order valence-electron chi connectivity index (χ2n) is 6.16. The van der Waals surface area contributed by atoms with Gasteiger partial charge in [-0.05, 0) is 37.1 Å². The Kier molecular flexibility index (Phi) is 4.69. The number of benzene rings is 1. The quantitative estimate of drug-likeness (QED) is 0.792. The second-order valence-corrected chi connectivity index (χ2v) is 6.16. The van der Waals surface area contributed by atoms with Crippen LogP contribution < -0.4 is 20.3 Å². The summed E-state index contributed by atoms with van der Waals surface area (Å²) in [6.45, 7) is 0.282. The molecule has 128 valence electrons. The lowest BCUT2D eigenvalue weighted by atomic mass is 10.1. The van der Waals surface area contributed by atoms with Gasteiger partial charge in [-0.15, -0.1) is 0 Å². The van der Waals surface area contributed by atoms with Crippen LogP contribution in [-0.2, 0) is 14.4 Å². The Hall–Kier alpha value is -2.57. The smallest absolute Gasteiger partial charge is 0.239 e. The Morgan fingerprint density at radius 3 is 2.58 bits per heavy atom. The van der Waals surface area contributed by atoms with Crippen molar-refractivity contribution in [1.82, 2.24) is 10.6 Å². The summed E-state index contributed by atoms with van der Waals surface area (Å²) in [6, 6.07) is 7.41. The first kappa shape index (κ1) is 16.3. The highest BCUT2D eigenvalue weighted by Gasteiger charge is 2.35. The van der Waals surface area contributed by atoms with Crippen LogP contribution in [0.25, 0.3) is 0 Å². The van der Waals surface area contributed by atoms with Gasteiger partial charge in [-0.2, -0.15) is 0 Å². The molecule has 1 heterocycles. The van der Waals surface area contributed by atoms with Crippen molar-refractivity contribution < 1.29 is 19.1 Å². The van der Waals surface area contributed by atoms with E-state index in [2.05, 4.69) is 10.6 Å². The predicted octanol–water partition coefficient (Wildman–Crippen LogP) is 0.443. The third kappa shape index (κ3) is 3.84. The van der Waals surface area contributed by atoms with E-state index in [1.54, 1.807) is 36.3 Å². The molecular formula is C17H21N3O4. The largest absolute Gasteiger partial charge is 0.497 e. The average molecular weight is 331 g/mol. The fourth-order valence-electron chi connectivity index (χ4n) is 2.71. The molecule has 2 N–H and O–H groups in total. The van der Waals surface area contributed by atoms with Gasteiger partial charge in [0, 0.05) is 24.7 Å². The summed E-state index contributed by atoms with van der Waals surface area (Å²) < 4.78 is 5.10. The minimum absolute atomic E-state index is 0.0391. The van der Waals surface area contributed by atoms with Gasteiger partial charge in [0.25, 0.3) is 0 Å². The number of anilines is 1. The first-order valence-electron chi connectivity index (χ1n) is 8.08. The molecule has 3 amide bonds. The number of nitrogens with one attached hydrogen (secondary N) is 2. The second kappa shape index (κ2) is 6.90. The molecule has 0 aromatic heterocycles. The number of carbonyl (C=O) groups excluding carboxylic acids is 3. The predicted molar refractivity (Wildman–Crippen MR) is 87.6 cm³/mol. The summed E-state index contributed by atoms with van der Waals surface area (Å²) in [5.41, 5.74) is 0.738. The van der Waals surface area contributed by atoms with Gasteiger partial charge in [-0.1, -0.05) is 0 Å². The van der Waals surface area contributed by atoms with Crippen LogP contribution in [0.15, 0.2) is 24.3 Å². The lowest BCUT2D eigenvalue weighted by Gasteiger charge is -2.17. The minimum Gasteiger partial charge on any atom is -0.497 e. The summed E-state index contributed by atoms with van der Waals surface area (Å²) in [7, 11) is 1.58. The third-order valence-corrected chi connectivity index (χ3v) is 4.25. The lowest BCUT2D eigenvalue weighted by Crippen LogP contribution is -2.40. The van der Waals surface area contributed by atoms with E-state index in [1.807, 2.05) is 0 Å². The van der Waals surface area contributed by atoms with Crippen molar-refractivity contribution in [3.05, 3.63) is 24.3 Å². The number of amides is 3. The standard InChI is InChI=1S/C17H21N3O4/c1-24-14-6-4-13(5-7-14)20-10-11(8-16(20)22)17(23)18-9-15(21)19-12-2-3-12/h4-7,11-12H,2-3,8-10H2,1H3,(H,18,23)(H,19,21). The summed E-state index contributed by atoms with van der Waals surface area (Å²) in [4.78, 5) is 37.6. The summed E-state index contributed by atoms with van der Waals surface area (Å²) >= 11 is 0. The van der Waals surface area contributed by atoms with Crippen molar-refractivity contribution in [2.75, 3.05) is 25.1 Å². The van der Waals surface area contributed by atoms with Crippen LogP contribution in [0.1, 0.15) is 19.3 Å². The summed E-state index contributed by atoms with van der Waals surface area (Å²) in [5.74, 6) is -0.259. The molecule has 1 atom stereocenters. The Bertz CT molecular complexity index is 640. The molecule has 1 unspecified atom stereocenters. The molecule has 0 bridgehead atoms. The van der Waals surface area contributed by atoms with Crippen molar-refractivity contribution >= 4 is 23.4 Å². The molecule has 1 saturated carbocycles.